The fourth-order valence-corrected chi connectivity index (χ4v) is 3.60. The fraction of sp³-hybridized carbons (Fsp3) is 0.143. The van der Waals surface area contributed by atoms with Crippen LogP contribution in [0.5, 0.6) is 0 Å². The predicted octanol–water partition coefficient (Wildman–Crippen LogP) is 6.11. The number of benzene rings is 1. The molecule has 3 aromatic heterocycles. The molecule has 30 heavy (non-hydrogen) atoms. The molecule has 0 aliphatic rings. The number of rotatable bonds is 5. The quantitative estimate of drug-likeness (QED) is 0.345. The molecule has 0 spiro atoms. The molecule has 1 aromatic carbocycles. The number of halogens is 4. The molecule has 9 heteroatoms. The van der Waals surface area contributed by atoms with Gasteiger partial charge in [0.25, 0.3) is 0 Å². The van der Waals surface area contributed by atoms with Crippen LogP contribution in [0.2, 0.25) is 5.02 Å². The van der Waals surface area contributed by atoms with E-state index in [0.717, 1.165) is 6.07 Å². The van der Waals surface area contributed by atoms with E-state index in [1.807, 2.05) is 0 Å². The highest BCUT2D eigenvalue weighted by atomic mass is 35.5. The van der Waals surface area contributed by atoms with Crippen molar-refractivity contribution in [2.75, 3.05) is 0 Å². The van der Waals surface area contributed by atoms with E-state index in [1.165, 1.54) is 12.1 Å². The summed E-state index contributed by atoms with van der Waals surface area (Å²) in [5, 5.41) is 0.0351. The Bertz CT molecular complexity index is 1210. The summed E-state index contributed by atoms with van der Waals surface area (Å²) in [7, 11) is 0. The normalized spacial score (nSPS) is 11.7. The molecule has 0 fully saturated rings. The first-order chi connectivity index (χ1) is 14.3. The van der Waals surface area contributed by atoms with Crippen molar-refractivity contribution >= 4 is 39.9 Å². The summed E-state index contributed by atoms with van der Waals surface area (Å²) in [6.07, 6.45) is -1.18. The van der Waals surface area contributed by atoms with Gasteiger partial charge in [-0.1, -0.05) is 29.9 Å². The van der Waals surface area contributed by atoms with E-state index in [0.29, 0.717) is 33.2 Å². The minimum atomic E-state index is -4.50. The Hall–Kier alpha value is -2.84. The van der Waals surface area contributed by atoms with Crippen LogP contribution in [0.25, 0.3) is 22.7 Å². The molecule has 4 rings (SSSR count). The zero-order valence-electron chi connectivity index (χ0n) is 15.3. The summed E-state index contributed by atoms with van der Waals surface area (Å²) in [5.41, 5.74) is 1.50. The number of thiocarbonyl (C=S) groups is 1. The molecule has 0 N–H and O–H groups in total. The van der Waals surface area contributed by atoms with E-state index >= 15 is 0 Å². The molecule has 0 aliphatic carbocycles. The number of fused-ring (bicyclic) bond motifs is 1. The largest absolute Gasteiger partial charge is 0.434 e. The van der Waals surface area contributed by atoms with E-state index in [4.69, 9.17) is 28.2 Å². The number of pyridine rings is 2. The average Bonchev–Trinajstić information content (AvgIpc) is 3.13. The van der Waals surface area contributed by atoms with Crippen LogP contribution in [-0.2, 0) is 19.0 Å². The van der Waals surface area contributed by atoms with E-state index in [1.54, 1.807) is 36.7 Å². The van der Waals surface area contributed by atoms with Gasteiger partial charge in [-0.3, -0.25) is 4.98 Å². The second kappa shape index (κ2) is 8.12. The van der Waals surface area contributed by atoms with Crippen molar-refractivity contribution in [3.8, 4) is 11.5 Å². The maximum Gasteiger partial charge on any atom is 0.416 e. The van der Waals surface area contributed by atoms with Crippen molar-refractivity contribution < 1.29 is 17.6 Å². The predicted molar refractivity (Wildman–Crippen MR) is 111 cm³/mol. The summed E-state index contributed by atoms with van der Waals surface area (Å²) in [5.74, 6) is 0.378. The zero-order chi connectivity index (χ0) is 21.3. The minimum absolute atomic E-state index is 0.0298. The van der Waals surface area contributed by atoms with Gasteiger partial charge < -0.3 is 4.42 Å². The number of hydrogen-bond acceptors (Lipinski definition) is 5. The second-order valence-corrected chi connectivity index (χ2v) is 7.52. The molecule has 0 radical (unpaired) electrons. The summed E-state index contributed by atoms with van der Waals surface area (Å²) in [6.45, 7) is 0. The van der Waals surface area contributed by atoms with Gasteiger partial charge in [-0.2, -0.15) is 18.2 Å². The van der Waals surface area contributed by atoms with Crippen molar-refractivity contribution in [2.45, 2.75) is 19.0 Å². The van der Waals surface area contributed by atoms with E-state index in [-0.39, 0.29) is 23.4 Å². The van der Waals surface area contributed by atoms with Crippen LogP contribution in [0.3, 0.4) is 0 Å². The summed E-state index contributed by atoms with van der Waals surface area (Å²) in [6, 6.07) is 10.7. The highest BCUT2D eigenvalue weighted by Crippen LogP contribution is 2.35. The van der Waals surface area contributed by atoms with Crippen LogP contribution in [0.1, 0.15) is 16.8 Å². The fourth-order valence-electron chi connectivity index (χ4n) is 3.07. The van der Waals surface area contributed by atoms with E-state index < -0.39 is 11.7 Å². The Morgan fingerprint density at radius 2 is 1.87 bits per heavy atom. The van der Waals surface area contributed by atoms with Crippen molar-refractivity contribution in [2.24, 2.45) is 0 Å². The lowest BCUT2D eigenvalue weighted by Gasteiger charge is -2.14. The SMILES string of the molecule is FC(F)(F)c1cccc(Cl)c1CC(=S)Cc1cc(-c2nc3ncccc3o2)ccn1. The molecule has 0 amide bonds. The highest BCUT2D eigenvalue weighted by Gasteiger charge is 2.34. The third kappa shape index (κ3) is 4.34. The van der Waals surface area contributed by atoms with Crippen LogP contribution in [0.4, 0.5) is 13.2 Å². The van der Waals surface area contributed by atoms with Gasteiger partial charge in [0, 0.05) is 46.4 Å². The third-order valence-corrected chi connectivity index (χ3v) is 5.05. The standard InChI is InChI=1S/C21H13ClF3N3OS/c22-17-4-1-3-16(21(23,24)25)15(17)11-14(30)10-13-9-12(6-8-26-13)20-28-19-18(29-20)5-2-7-27-19/h1-9H,10-11H2. The van der Waals surface area contributed by atoms with Crippen molar-refractivity contribution in [1.29, 1.82) is 0 Å². The van der Waals surface area contributed by atoms with Gasteiger partial charge in [-0.05, 0) is 42.0 Å². The van der Waals surface area contributed by atoms with Crippen LogP contribution in [-0.4, -0.2) is 19.8 Å². The van der Waals surface area contributed by atoms with Gasteiger partial charge in [0.05, 0.1) is 5.56 Å². The Morgan fingerprint density at radius 3 is 2.63 bits per heavy atom. The van der Waals surface area contributed by atoms with Crippen LogP contribution in [0.15, 0.2) is 59.3 Å². The van der Waals surface area contributed by atoms with Crippen molar-refractivity contribution in [3.05, 3.63) is 76.7 Å². The van der Waals surface area contributed by atoms with Crippen LogP contribution in [0, 0.1) is 0 Å². The smallest absolute Gasteiger partial charge is 0.416 e. The number of aromatic nitrogens is 3. The molecule has 152 valence electrons. The second-order valence-electron chi connectivity index (χ2n) is 6.54. The molecule has 0 unspecified atom stereocenters. The molecule has 4 aromatic rings. The Morgan fingerprint density at radius 1 is 1.03 bits per heavy atom. The molecular formula is C21H13ClF3N3OS. The lowest BCUT2D eigenvalue weighted by molar-refractivity contribution is -0.138. The topological polar surface area (TPSA) is 51.8 Å². The zero-order valence-corrected chi connectivity index (χ0v) is 16.9. The monoisotopic (exact) mass is 447 g/mol. The first-order valence-electron chi connectivity index (χ1n) is 8.84. The van der Waals surface area contributed by atoms with Gasteiger partial charge in [-0.25, -0.2) is 4.98 Å². The lowest BCUT2D eigenvalue weighted by atomic mass is 10.00. The molecule has 0 saturated heterocycles. The third-order valence-electron chi connectivity index (χ3n) is 4.40. The molecule has 0 bridgehead atoms. The van der Waals surface area contributed by atoms with E-state index in [9.17, 15) is 13.2 Å². The van der Waals surface area contributed by atoms with Crippen molar-refractivity contribution in [1.82, 2.24) is 15.0 Å². The molecule has 4 nitrogen and oxygen atoms in total. The Labute approximate surface area is 179 Å². The lowest BCUT2D eigenvalue weighted by Crippen LogP contribution is -2.13. The number of nitrogens with zero attached hydrogens (tertiary/aromatic N) is 3. The summed E-state index contributed by atoms with van der Waals surface area (Å²) >= 11 is 11.4. The first-order valence-corrected chi connectivity index (χ1v) is 9.63. The number of oxazole rings is 1. The van der Waals surface area contributed by atoms with Gasteiger partial charge >= 0.3 is 6.18 Å². The number of hydrogen-bond donors (Lipinski definition) is 0. The molecule has 0 aliphatic heterocycles. The molecule has 3 heterocycles. The summed E-state index contributed by atoms with van der Waals surface area (Å²) in [4.78, 5) is 13.1. The van der Waals surface area contributed by atoms with Gasteiger partial charge in [-0.15, -0.1) is 0 Å². The van der Waals surface area contributed by atoms with E-state index in [2.05, 4.69) is 15.0 Å². The molecule has 0 saturated carbocycles. The van der Waals surface area contributed by atoms with Gasteiger partial charge in [0.15, 0.2) is 11.2 Å². The molecule has 0 atom stereocenters. The average molecular weight is 448 g/mol. The van der Waals surface area contributed by atoms with Crippen molar-refractivity contribution in [3.63, 3.8) is 0 Å². The Balaban J connectivity index is 1.56. The van der Waals surface area contributed by atoms with Crippen LogP contribution < -0.4 is 0 Å². The van der Waals surface area contributed by atoms with Crippen LogP contribution >= 0.6 is 23.8 Å². The van der Waals surface area contributed by atoms with Gasteiger partial charge in [0.2, 0.25) is 5.89 Å². The summed E-state index contributed by atoms with van der Waals surface area (Å²) < 4.78 is 45.6. The first kappa shape index (κ1) is 20.4. The Kier molecular flexibility index (Phi) is 5.53. The maximum atomic E-state index is 13.3. The minimum Gasteiger partial charge on any atom is -0.434 e. The highest BCUT2D eigenvalue weighted by molar-refractivity contribution is 7.80. The number of alkyl halides is 3. The molecular weight excluding hydrogens is 435 g/mol. The maximum absolute atomic E-state index is 13.3. The van der Waals surface area contributed by atoms with Gasteiger partial charge in [0.1, 0.15) is 0 Å².